The number of nitrogens with zero attached hydrogens (tertiary/aromatic N) is 1. The maximum absolute atomic E-state index is 11.5. The van der Waals surface area contributed by atoms with Crippen molar-refractivity contribution in [1.82, 2.24) is 4.90 Å². The van der Waals surface area contributed by atoms with E-state index in [-0.39, 0.29) is 30.5 Å². The molecule has 0 bridgehead atoms. The summed E-state index contributed by atoms with van der Waals surface area (Å²) in [6.07, 6.45) is 0.473. The molecule has 0 heterocycles. The molecule has 1 aromatic rings. The number of Topliss-reactive ketones (excluding diaryl/α,β-unsaturated/α-hetero) is 1. The number of hydrogen-bond acceptors (Lipinski definition) is 5. The SMILES string of the molecule is O=CN(C=O)CC(=O)c1ccc(C(=O)[O-])cc1. The van der Waals surface area contributed by atoms with Crippen molar-refractivity contribution in [2.75, 3.05) is 6.54 Å². The van der Waals surface area contributed by atoms with E-state index >= 15 is 0 Å². The molecule has 0 N–H and O–H groups in total. The number of carbonyl (C=O) groups is 4. The Morgan fingerprint density at radius 2 is 1.53 bits per heavy atom. The van der Waals surface area contributed by atoms with Crippen LogP contribution in [0.25, 0.3) is 0 Å². The van der Waals surface area contributed by atoms with Crippen molar-refractivity contribution in [2.45, 2.75) is 0 Å². The molecule has 2 amide bonds. The van der Waals surface area contributed by atoms with Crippen molar-refractivity contribution in [2.24, 2.45) is 0 Å². The van der Waals surface area contributed by atoms with Gasteiger partial charge in [0.05, 0.1) is 12.5 Å². The van der Waals surface area contributed by atoms with Gasteiger partial charge in [-0.1, -0.05) is 24.3 Å². The van der Waals surface area contributed by atoms with Crippen LogP contribution >= 0.6 is 0 Å². The van der Waals surface area contributed by atoms with Crippen LogP contribution in [0.1, 0.15) is 20.7 Å². The van der Waals surface area contributed by atoms with Crippen LogP contribution in [0.4, 0.5) is 0 Å². The molecular weight excluding hydrogens is 226 g/mol. The second-order valence-corrected chi connectivity index (χ2v) is 3.17. The number of hydrogen-bond donors (Lipinski definition) is 0. The van der Waals surface area contributed by atoms with E-state index in [1.807, 2.05) is 0 Å². The van der Waals surface area contributed by atoms with E-state index in [4.69, 9.17) is 0 Å². The molecule has 0 aliphatic heterocycles. The van der Waals surface area contributed by atoms with Gasteiger partial charge in [-0.15, -0.1) is 0 Å². The van der Waals surface area contributed by atoms with Gasteiger partial charge < -0.3 is 9.90 Å². The second kappa shape index (κ2) is 5.55. The zero-order chi connectivity index (χ0) is 12.8. The van der Waals surface area contributed by atoms with Gasteiger partial charge in [-0.25, -0.2) is 0 Å². The summed E-state index contributed by atoms with van der Waals surface area (Å²) in [5, 5.41) is 10.5. The standard InChI is InChI=1S/C11H9NO5/c13-6-12(7-14)5-10(15)8-1-3-9(4-2-8)11(16)17/h1-4,6-7H,5H2,(H,16,17)/p-1. The maximum Gasteiger partial charge on any atom is 0.216 e. The lowest BCUT2D eigenvalue weighted by Gasteiger charge is -2.08. The van der Waals surface area contributed by atoms with E-state index in [0.29, 0.717) is 4.90 Å². The first-order chi connectivity index (χ1) is 8.08. The van der Waals surface area contributed by atoms with Gasteiger partial charge in [-0.2, -0.15) is 0 Å². The van der Waals surface area contributed by atoms with Crippen LogP contribution in [0.2, 0.25) is 0 Å². The van der Waals surface area contributed by atoms with Crippen LogP contribution in [0.5, 0.6) is 0 Å². The molecule has 0 fully saturated rings. The van der Waals surface area contributed by atoms with Crippen LogP contribution in [0, 0.1) is 0 Å². The van der Waals surface area contributed by atoms with E-state index < -0.39 is 11.8 Å². The molecule has 0 aromatic heterocycles. The fourth-order valence-corrected chi connectivity index (χ4v) is 1.15. The number of amides is 2. The molecular formula is C11H8NO5-. The van der Waals surface area contributed by atoms with Gasteiger partial charge >= 0.3 is 0 Å². The third-order valence-corrected chi connectivity index (χ3v) is 2.04. The van der Waals surface area contributed by atoms with Crippen molar-refractivity contribution >= 4 is 24.6 Å². The lowest BCUT2D eigenvalue weighted by Crippen LogP contribution is -2.27. The molecule has 0 saturated heterocycles. The summed E-state index contributed by atoms with van der Waals surface area (Å²) in [7, 11) is 0. The van der Waals surface area contributed by atoms with Crippen LogP contribution in [-0.2, 0) is 9.59 Å². The highest BCUT2D eigenvalue weighted by Crippen LogP contribution is 2.05. The largest absolute Gasteiger partial charge is 0.545 e. The molecule has 1 rings (SSSR count). The van der Waals surface area contributed by atoms with E-state index in [1.165, 1.54) is 24.3 Å². The summed E-state index contributed by atoms with van der Waals surface area (Å²) in [5.41, 5.74) is 0.160. The zero-order valence-corrected chi connectivity index (χ0v) is 8.66. The van der Waals surface area contributed by atoms with Crippen LogP contribution < -0.4 is 5.11 Å². The van der Waals surface area contributed by atoms with Gasteiger partial charge in [0.2, 0.25) is 12.8 Å². The summed E-state index contributed by atoms with van der Waals surface area (Å²) in [6.45, 7) is -0.377. The second-order valence-electron chi connectivity index (χ2n) is 3.17. The number of rotatable bonds is 6. The van der Waals surface area contributed by atoms with E-state index in [0.717, 1.165) is 0 Å². The Kier molecular flexibility index (Phi) is 4.10. The van der Waals surface area contributed by atoms with Crippen molar-refractivity contribution in [1.29, 1.82) is 0 Å². The highest BCUT2D eigenvalue weighted by Gasteiger charge is 2.10. The minimum Gasteiger partial charge on any atom is -0.545 e. The lowest BCUT2D eigenvalue weighted by atomic mass is 10.1. The lowest BCUT2D eigenvalue weighted by molar-refractivity contribution is -0.255. The van der Waals surface area contributed by atoms with Gasteiger partial charge in [-0.3, -0.25) is 19.3 Å². The van der Waals surface area contributed by atoms with E-state index in [1.54, 1.807) is 0 Å². The number of aromatic carboxylic acids is 1. The highest BCUT2D eigenvalue weighted by atomic mass is 16.4. The monoisotopic (exact) mass is 234 g/mol. The van der Waals surface area contributed by atoms with Crippen LogP contribution in [0.3, 0.4) is 0 Å². The summed E-state index contributed by atoms with van der Waals surface area (Å²) in [5.74, 6) is -1.81. The number of carbonyl (C=O) groups excluding carboxylic acids is 4. The predicted molar refractivity (Wildman–Crippen MR) is 53.9 cm³/mol. The Morgan fingerprint density at radius 3 is 1.94 bits per heavy atom. The summed E-state index contributed by atoms with van der Waals surface area (Å²) >= 11 is 0. The van der Waals surface area contributed by atoms with Gasteiger partial charge in [0, 0.05) is 5.56 Å². The highest BCUT2D eigenvalue weighted by molar-refractivity contribution is 6.00. The minimum absolute atomic E-state index is 0.0517. The molecule has 6 heteroatoms. The minimum atomic E-state index is -1.34. The molecule has 0 unspecified atom stereocenters. The van der Waals surface area contributed by atoms with E-state index in [2.05, 4.69) is 0 Å². The molecule has 0 saturated carbocycles. The first-order valence-electron chi connectivity index (χ1n) is 4.59. The first-order valence-corrected chi connectivity index (χ1v) is 4.59. The Labute approximate surface area is 96.5 Å². The normalized spacial score (nSPS) is 9.41. The molecule has 0 spiro atoms. The van der Waals surface area contributed by atoms with Gasteiger partial charge in [-0.05, 0) is 5.56 Å². The number of benzene rings is 1. The van der Waals surface area contributed by atoms with Gasteiger partial charge in [0.25, 0.3) is 0 Å². The average Bonchev–Trinajstić information content (AvgIpc) is 2.35. The third-order valence-electron chi connectivity index (χ3n) is 2.04. The smallest absolute Gasteiger partial charge is 0.216 e. The molecule has 17 heavy (non-hydrogen) atoms. The molecule has 0 radical (unpaired) electrons. The molecule has 1 aromatic carbocycles. The van der Waals surface area contributed by atoms with Crippen molar-refractivity contribution in [3.63, 3.8) is 0 Å². The zero-order valence-electron chi connectivity index (χ0n) is 8.66. The topological polar surface area (TPSA) is 94.6 Å². The molecule has 6 nitrogen and oxygen atoms in total. The average molecular weight is 234 g/mol. The molecule has 0 atom stereocenters. The molecule has 0 aliphatic rings. The van der Waals surface area contributed by atoms with Crippen LogP contribution in [-0.4, -0.2) is 36.0 Å². The Morgan fingerprint density at radius 1 is 1.06 bits per heavy atom. The van der Waals surface area contributed by atoms with Gasteiger partial charge in [0.1, 0.15) is 0 Å². The summed E-state index contributed by atoms with van der Waals surface area (Å²) in [6, 6.07) is 5.02. The fourth-order valence-electron chi connectivity index (χ4n) is 1.15. The van der Waals surface area contributed by atoms with Crippen molar-refractivity contribution < 1.29 is 24.3 Å². The molecule has 0 aliphatic carbocycles. The van der Waals surface area contributed by atoms with Crippen molar-refractivity contribution in [3.05, 3.63) is 35.4 Å². The third kappa shape index (κ3) is 3.23. The number of imide groups is 1. The quantitative estimate of drug-likeness (QED) is 0.457. The van der Waals surface area contributed by atoms with Crippen LogP contribution in [0.15, 0.2) is 24.3 Å². The Bertz CT molecular complexity index is 443. The number of carboxylic acid groups (broad SMARTS) is 1. The first kappa shape index (κ1) is 12.6. The Balaban J connectivity index is 2.79. The predicted octanol–water partition coefficient (Wildman–Crippen LogP) is -1.15. The summed E-state index contributed by atoms with van der Waals surface area (Å²) in [4.78, 5) is 43.2. The fraction of sp³-hybridized carbons (Fsp3) is 0.0909. The maximum atomic E-state index is 11.5. The van der Waals surface area contributed by atoms with Gasteiger partial charge in [0.15, 0.2) is 5.78 Å². The Hall–Kier alpha value is -2.50. The molecule has 88 valence electrons. The number of ketones is 1. The number of carboxylic acids is 1. The van der Waals surface area contributed by atoms with Crippen molar-refractivity contribution in [3.8, 4) is 0 Å². The summed E-state index contributed by atoms with van der Waals surface area (Å²) < 4.78 is 0. The van der Waals surface area contributed by atoms with E-state index in [9.17, 15) is 24.3 Å².